The Balaban J connectivity index is 2.63. The van der Waals surface area contributed by atoms with Crippen LogP contribution in [0.2, 0.25) is 0 Å². The molecule has 0 aliphatic carbocycles. The summed E-state index contributed by atoms with van der Waals surface area (Å²) in [4.78, 5) is 23.3. The van der Waals surface area contributed by atoms with Gasteiger partial charge in [0.15, 0.2) is 11.5 Å². The minimum Gasteiger partial charge on any atom is -0.490 e. The molecule has 152 valence electrons. The fourth-order valence-corrected chi connectivity index (χ4v) is 2.31. The van der Waals surface area contributed by atoms with E-state index in [2.05, 4.69) is 17.6 Å². The van der Waals surface area contributed by atoms with Gasteiger partial charge in [0, 0.05) is 13.0 Å². The normalized spacial score (nSPS) is 11.4. The van der Waals surface area contributed by atoms with Crippen molar-refractivity contribution in [3.05, 3.63) is 23.8 Å². The molecular formula is C20H32N2O5. The Morgan fingerprint density at radius 3 is 2.33 bits per heavy atom. The summed E-state index contributed by atoms with van der Waals surface area (Å²) in [5.41, 5.74) is 0.927. The molecule has 1 aromatic carbocycles. The summed E-state index contributed by atoms with van der Waals surface area (Å²) in [5, 5.41) is 5.45. The van der Waals surface area contributed by atoms with Crippen molar-refractivity contribution in [2.45, 2.75) is 53.0 Å². The molecule has 7 heteroatoms. The van der Waals surface area contributed by atoms with Gasteiger partial charge in [-0.15, -0.1) is 0 Å². The summed E-state index contributed by atoms with van der Waals surface area (Å²) < 4.78 is 16.3. The number of benzene rings is 1. The van der Waals surface area contributed by atoms with Gasteiger partial charge < -0.3 is 24.8 Å². The molecule has 0 bridgehead atoms. The Morgan fingerprint density at radius 1 is 1.04 bits per heavy atom. The van der Waals surface area contributed by atoms with E-state index in [9.17, 15) is 9.59 Å². The van der Waals surface area contributed by atoms with Gasteiger partial charge in [-0.3, -0.25) is 4.79 Å². The zero-order valence-corrected chi connectivity index (χ0v) is 16.8. The van der Waals surface area contributed by atoms with Gasteiger partial charge in [-0.1, -0.05) is 19.9 Å². The van der Waals surface area contributed by atoms with E-state index in [0.717, 1.165) is 18.4 Å². The highest BCUT2D eigenvalue weighted by Gasteiger charge is 2.14. The third kappa shape index (κ3) is 8.66. The Hall–Kier alpha value is -2.44. The zero-order chi connectivity index (χ0) is 20.1. The van der Waals surface area contributed by atoms with Crippen LogP contribution in [0.25, 0.3) is 0 Å². The van der Waals surface area contributed by atoms with Crippen molar-refractivity contribution in [2.75, 3.05) is 26.4 Å². The van der Waals surface area contributed by atoms with Crippen molar-refractivity contribution < 1.29 is 23.8 Å². The number of nitrogens with one attached hydrogen (secondary N) is 2. The third-order valence-corrected chi connectivity index (χ3v) is 3.67. The van der Waals surface area contributed by atoms with Crippen molar-refractivity contribution in [1.29, 1.82) is 0 Å². The molecule has 0 aliphatic heterocycles. The molecule has 0 aromatic heterocycles. The first-order valence-corrected chi connectivity index (χ1v) is 9.61. The second-order valence-electron chi connectivity index (χ2n) is 6.09. The predicted molar refractivity (Wildman–Crippen MR) is 104 cm³/mol. The minimum absolute atomic E-state index is 0.151. The van der Waals surface area contributed by atoms with Gasteiger partial charge in [0.2, 0.25) is 5.91 Å². The fraction of sp³-hybridized carbons (Fsp3) is 0.600. The molecule has 0 saturated carbocycles. The maximum atomic E-state index is 12.1. The number of carbonyl (C=O) groups excluding carboxylic acids is 2. The van der Waals surface area contributed by atoms with Crippen LogP contribution in [-0.4, -0.2) is 38.4 Å². The first-order valence-electron chi connectivity index (χ1n) is 9.61. The van der Waals surface area contributed by atoms with Crippen LogP contribution in [0.1, 0.15) is 58.6 Å². The lowest BCUT2D eigenvalue weighted by Crippen LogP contribution is -2.32. The van der Waals surface area contributed by atoms with E-state index in [1.54, 1.807) is 6.92 Å². The fourth-order valence-electron chi connectivity index (χ4n) is 2.31. The predicted octanol–water partition coefficient (Wildman–Crippen LogP) is 3.58. The maximum absolute atomic E-state index is 12.1. The van der Waals surface area contributed by atoms with Gasteiger partial charge in [0.25, 0.3) is 0 Å². The van der Waals surface area contributed by atoms with Gasteiger partial charge in [0.1, 0.15) is 0 Å². The quantitative estimate of drug-likeness (QED) is 0.579. The molecule has 1 rings (SSSR count). The molecule has 7 nitrogen and oxygen atoms in total. The summed E-state index contributed by atoms with van der Waals surface area (Å²) in [5.74, 6) is 1.25. The van der Waals surface area contributed by atoms with E-state index in [1.807, 2.05) is 32.0 Å². The summed E-state index contributed by atoms with van der Waals surface area (Å²) in [6.07, 6.45) is 1.48. The molecule has 1 atom stereocenters. The minimum atomic E-state index is -0.515. The summed E-state index contributed by atoms with van der Waals surface area (Å²) in [6, 6.07) is 5.51. The van der Waals surface area contributed by atoms with Crippen LogP contribution < -0.4 is 20.1 Å². The van der Waals surface area contributed by atoms with Gasteiger partial charge in [-0.05, 0) is 44.4 Å². The van der Waals surface area contributed by atoms with E-state index in [4.69, 9.17) is 14.2 Å². The SMILES string of the molecule is CCCOc1ccc(C(C)NC(=O)CCNC(=O)OCC)cc1OCCC. The van der Waals surface area contributed by atoms with Gasteiger partial charge in [0.05, 0.1) is 25.9 Å². The molecule has 0 radical (unpaired) electrons. The van der Waals surface area contributed by atoms with E-state index >= 15 is 0 Å². The van der Waals surface area contributed by atoms with Crippen molar-refractivity contribution >= 4 is 12.0 Å². The first kappa shape index (κ1) is 22.6. The number of ether oxygens (including phenoxy) is 3. The largest absolute Gasteiger partial charge is 0.490 e. The van der Waals surface area contributed by atoms with Crippen LogP contribution in [0.15, 0.2) is 18.2 Å². The number of hydrogen-bond acceptors (Lipinski definition) is 5. The van der Waals surface area contributed by atoms with Crippen LogP contribution in [0, 0.1) is 0 Å². The molecule has 2 N–H and O–H groups in total. The van der Waals surface area contributed by atoms with E-state index in [1.165, 1.54) is 0 Å². The van der Waals surface area contributed by atoms with Crippen LogP contribution in [0.5, 0.6) is 11.5 Å². The monoisotopic (exact) mass is 380 g/mol. The topological polar surface area (TPSA) is 85.9 Å². The molecule has 2 amide bonds. The Kier molecular flexibility index (Phi) is 10.7. The lowest BCUT2D eigenvalue weighted by molar-refractivity contribution is -0.121. The number of amides is 2. The van der Waals surface area contributed by atoms with Crippen LogP contribution in [0.3, 0.4) is 0 Å². The van der Waals surface area contributed by atoms with Crippen LogP contribution in [-0.2, 0) is 9.53 Å². The van der Waals surface area contributed by atoms with E-state index in [0.29, 0.717) is 31.3 Å². The average molecular weight is 380 g/mol. The first-order chi connectivity index (χ1) is 13.0. The van der Waals surface area contributed by atoms with E-state index < -0.39 is 6.09 Å². The second-order valence-corrected chi connectivity index (χ2v) is 6.09. The molecular weight excluding hydrogens is 348 g/mol. The maximum Gasteiger partial charge on any atom is 0.407 e. The molecule has 0 spiro atoms. The Labute approximate surface area is 161 Å². The van der Waals surface area contributed by atoms with Crippen LogP contribution >= 0.6 is 0 Å². The standard InChI is InChI=1S/C20H32N2O5/c1-5-12-26-17-9-8-16(14-18(17)27-13-6-2)15(4)22-19(23)10-11-21-20(24)25-7-3/h8-9,14-15H,5-7,10-13H2,1-4H3,(H,21,24)(H,22,23). The molecule has 0 heterocycles. The molecule has 1 unspecified atom stereocenters. The molecule has 27 heavy (non-hydrogen) atoms. The summed E-state index contributed by atoms with van der Waals surface area (Å²) >= 11 is 0. The van der Waals surface area contributed by atoms with Crippen molar-refractivity contribution in [1.82, 2.24) is 10.6 Å². The van der Waals surface area contributed by atoms with Crippen molar-refractivity contribution in [2.24, 2.45) is 0 Å². The highest BCUT2D eigenvalue weighted by atomic mass is 16.5. The van der Waals surface area contributed by atoms with Crippen molar-refractivity contribution in [3.63, 3.8) is 0 Å². The number of carbonyl (C=O) groups is 2. The number of rotatable bonds is 12. The molecule has 0 saturated heterocycles. The molecule has 1 aromatic rings. The van der Waals surface area contributed by atoms with Crippen LogP contribution in [0.4, 0.5) is 4.79 Å². The van der Waals surface area contributed by atoms with Gasteiger partial charge in [-0.2, -0.15) is 0 Å². The highest BCUT2D eigenvalue weighted by Crippen LogP contribution is 2.31. The summed E-state index contributed by atoms with van der Waals surface area (Å²) in [7, 11) is 0. The van der Waals surface area contributed by atoms with Crippen molar-refractivity contribution in [3.8, 4) is 11.5 Å². The Bertz CT molecular complexity index is 592. The Morgan fingerprint density at radius 2 is 1.70 bits per heavy atom. The smallest absolute Gasteiger partial charge is 0.407 e. The van der Waals surface area contributed by atoms with E-state index in [-0.39, 0.29) is 24.9 Å². The number of alkyl carbamates (subject to hydrolysis) is 1. The van der Waals surface area contributed by atoms with Gasteiger partial charge in [-0.25, -0.2) is 4.79 Å². The highest BCUT2D eigenvalue weighted by molar-refractivity contribution is 5.77. The zero-order valence-electron chi connectivity index (χ0n) is 16.8. The lowest BCUT2D eigenvalue weighted by Gasteiger charge is -2.18. The average Bonchev–Trinajstić information content (AvgIpc) is 2.65. The molecule has 0 aliphatic rings. The second kappa shape index (κ2) is 12.8. The lowest BCUT2D eigenvalue weighted by atomic mass is 10.1. The number of hydrogen-bond donors (Lipinski definition) is 2. The third-order valence-electron chi connectivity index (χ3n) is 3.67. The summed E-state index contributed by atoms with van der Waals surface area (Å²) in [6.45, 7) is 9.49. The molecule has 0 fully saturated rings. The van der Waals surface area contributed by atoms with Gasteiger partial charge >= 0.3 is 6.09 Å².